The Labute approximate surface area is 111 Å². The zero-order valence-electron chi connectivity index (χ0n) is 12.4. The van der Waals surface area contributed by atoms with Gasteiger partial charge in [-0.05, 0) is 24.7 Å². The first-order chi connectivity index (χ1) is 8.45. The molecule has 1 aromatic rings. The average Bonchev–Trinajstić information content (AvgIpc) is 2.62. The van der Waals surface area contributed by atoms with Gasteiger partial charge in [0, 0.05) is 19.3 Å². The first-order valence-corrected chi connectivity index (χ1v) is 6.84. The van der Waals surface area contributed by atoms with Gasteiger partial charge in [0.25, 0.3) is 0 Å². The standard InChI is InChI=1S/C15H27N3/c1-7-8-16-15-17-13(6)9-18(15)10-14(11(2)3)12(4)5/h7,9,11-12,14H,1,8,10H2,2-6H3,(H,16,17). The fraction of sp³-hybridized carbons (Fsp3) is 0.667. The molecule has 0 atom stereocenters. The van der Waals surface area contributed by atoms with Crippen LogP contribution in [0.15, 0.2) is 18.9 Å². The summed E-state index contributed by atoms with van der Waals surface area (Å²) in [5.41, 5.74) is 1.06. The summed E-state index contributed by atoms with van der Waals surface area (Å²) in [6.45, 7) is 16.7. The van der Waals surface area contributed by atoms with E-state index in [1.54, 1.807) is 0 Å². The van der Waals surface area contributed by atoms with Crippen LogP contribution in [0.2, 0.25) is 0 Å². The van der Waals surface area contributed by atoms with Crippen molar-refractivity contribution in [3.63, 3.8) is 0 Å². The molecule has 1 N–H and O–H groups in total. The van der Waals surface area contributed by atoms with Gasteiger partial charge in [-0.1, -0.05) is 33.8 Å². The molecule has 0 amide bonds. The monoisotopic (exact) mass is 249 g/mol. The molecule has 0 aliphatic carbocycles. The van der Waals surface area contributed by atoms with Crippen LogP contribution in [0.3, 0.4) is 0 Å². The highest BCUT2D eigenvalue weighted by Crippen LogP contribution is 2.24. The van der Waals surface area contributed by atoms with Gasteiger partial charge >= 0.3 is 0 Å². The van der Waals surface area contributed by atoms with Crippen molar-refractivity contribution >= 4 is 5.95 Å². The van der Waals surface area contributed by atoms with Crippen LogP contribution in [0.25, 0.3) is 0 Å². The molecule has 0 saturated carbocycles. The normalized spacial score (nSPS) is 11.6. The molecule has 0 saturated heterocycles. The maximum Gasteiger partial charge on any atom is 0.203 e. The number of hydrogen-bond donors (Lipinski definition) is 1. The van der Waals surface area contributed by atoms with Gasteiger partial charge in [-0.3, -0.25) is 0 Å². The molecule has 102 valence electrons. The van der Waals surface area contributed by atoms with Gasteiger partial charge in [-0.15, -0.1) is 6.58 Å². The van der Waals surface area contributed by atoms with Crippen molar-refractivity contribution in [2.45, 2.75) is 41.2 Å². The number of nitrogens with one attached hydrogen (secondary N) is 1. The van der Waals surface area contributed by atoms with Crippen LogP contribution >= 0.6 is 0 Å². The maximum atomic E-state index is 4.52. The number of aryl methyl sites for hydroxylation is 1. The Bertz CT molecular complexity index is 369. The van der Waals surface area contributed by atoms with Crippen LogP contribution in [0, 0.1) is 24.7 Å². The molecular weight excluding hydrogens is 222 g/mol. The van der Waals surface area contributed by atoms with E-state index in [1.807, 2.05) is 13.0 Å². The number of aromatic nitrogens is 2. The first kappa shape index (κ1) is 14.8. The summed E-state index contributed by atoms with van der Waals surface area (Å²) in [6.07, 6.45) is 3.99. The zero-order chi connectivity index (χ0) is 13.7. The molecule has 0 aliphatic heterocycles. The molecule has 3 heteroatoms. The van der Waals surface area contributed by atoms with Gasteiger partial charge in [-0.25, -0.2) is 4.98 Å². The van der Waals surface area contributed by atoms with E-state index in [0.29, 0.717) is 17.8 Å². The van der Waals surface area contributed by atoms with Gasteiger partial charge in [0.2, 0.25) is 5.95 Å². The molecule has 0 bridgehead atoms. The molecule has 0 fully saturated rings. The molecule has 0 aromatic carbocycles. The lowest BCUT2D eigenvalue weighted by Crippen LogP contribution is -2.22. The molecule has 0 aliphatic rings. The number of imidazole rings is 1. The third-order valence-corrected chi connectivity index (χ3v) is 3.42. The van der Waals surface area contributed by atoms with Gasteiger partial charge in [-0.2, -0.15) is 0 Å². The van der Waals surface area contributed by atoms with Crippen molar-refractivity contribution in [1.29, 1.82) is 0 Å². The van der Waals surface area contributed by atoms with Crippen LogP contribution in [-0.2, 0) is 6.54 Å². The van der Waals surface area contributed by atoms with Gasteiger partial charge in [0.1, 0.15) is 0 Å². The minimum atomic E-state index is 0.669. The van der Waals surface area contributed by atoms with E-state index in [9.17, 15) is 0 Å². The fourth-order valence-electron chi connectivity index (χ4n) is 2.41. The molecule has 1 rings (SSSR count). The predicted molar refractivity (Wildman–Crippen MR) is 78.8 cm³/mol. The number of hydrogen-bond acceptors (Lipinski definition) is 2. The first-order valence-electron chi connectivity index (χ1n) is 6.84. The summed E-state index contributed by atoms with van der Waals surface area (Å²) in [5, 5.41) is 3.30. The van der Waals surface area contributed by atoms with E-state index in [2.05, 4.69) is 55.3 Å². The molecule has 0 radical (unpaired) electrons. The Morgan fingerprint density at radius 3 is 2.44 bits per heavy atom. The Morgan fingerprint density at radius 2 is 1.94 bits per heavy atom. The number of rotatable bonds is 7. The second-order valence-electron chi connectivity index (χ2n) is 5.68. The Balaban J connectivity index is 2.84. The summed E-state index contributed by atoms with van der Waals surface area (Å²) >= 11 is 0. The lowest BCUT2D eigenvalue weighted by molar-refractivity contribution is 0.253. The minimum Gasteiger partial charge on any atom is -0.352 e. The van der Waals surface area contributed by atoms with E-state index in [0.717, 1.165) is 24.7 Å². The maximum absolute atomic E-state index is 4.52. The van der Waals surface area contributed by atoms with Gasteiger partial charge in [0.15, 0.2) is 0 Å². The molecule has 1 heterocycles. The average molecular weight is 249 g/mol. The Hall–Kier alpha value is -1.25. The summed E-state index contributed by atoms with van der Waals surface area (Å²) in [4.78, 5) is 4.52. The minimum absolute atomic E-state index is 0.669. The number of nitrogens with zero attached hydrogens (tertiary/aromatic N) is 2. The quantitative estimate of drug-likeness (QED) is 0.746. The molecule has 1 aromatic heterocycles. The largest absolute Gasteiger partial charge is 0.352 e. The third kappa shape index (κ3) is 3.90. The summed E-state index contributed by atoms with van der Waals surface area (Å²) in [6, 6.07) is 0. The second kappa shape index (κ2) is 6.62. The highest BCUT2D eigenvalue weighted by atomic mass is 15.2. The van der Waals surface area contributed by atoms with E-state index >= 15 is 0 Å². The Kier molecular flexibility index (Phi) is 5.45. The predicted octanol–water partition coefficient (Wildman–Crippen LogP) is 3.72. The SMILES string of the molecule is C=CCNc1nc(C)cn1CC(C(C)C)C(C)C. The molecule has 18 heavy (non-hydrogen) atoms. The van der Waals surface area contributed by atoms with Crippen molar-refractivity contribution in [3.8, 4) is 0 Å². The van der Waals surface area contributed by atoms with E-state index in [1.165, 1.54) is 0 Å². The van der Waals surface area contributed by atoms with Gasteiger partial charge < -0.3 is 9.88 Å². The fourth-order valence-corrected chi connectivity index (χ4v) is 2.41. The smallest absolute Gasteiger partial charge is 0.203 e. The number of anilines is 1. The topological polar surface area (TPSA) is 29.9 Å². The van der Waals surface area contributed by atoms with Crippen molar-refractivity contribution in [1.82, 2.24) is 9.55 Å². The van der Waals surface area contributed by atoms with Crippen LogP contribution < -0.4 is 5.32 Å². The molecule has 0 spiro atoms. The van der Waals surface area contributed by atoms with Crippen molar-refractivity contribution in [2.24, 2.45) is 17.8 Å². The molecular formula is C15H27N3. The molecule has 0 unspecified atom stereocenters. The van der Waals surface area contributed by atoms with E-state index in [-0.39, 0.29) is 0 Å². The summed E-state index contributed by atoms with van der Waals surface area (Å²) in [7, 11) is 0. The van der Waals surface area contributed by atoms with Crippen molar-refractivity contribution in [2.75, 3.05) is 11.9 Å². The van der Waals surface area contributed by atoms with Crippen LogP contribution in [0.5, 0.6) is 0 Å². The lowest BCUT2D eigenvalue weighted by atomic mass is 9.85. The van der Waals surface area contributed by atoms with Crippen molar-refractivity contribution in [3.05, 3.63) is 24.5 Å². The van der Waals surface area contributed by atoms with E-state index < -0.39 is 0 Å². The van der Waals surface area contributed by atoms with Gasteiger partial charge in [0.05, 0.1) is 5.69 Å². The second-order valence-corrected chi connectivity index (χ2v) is 5.68. The zero-order valence-corrected chi connectivity index (χ0v) is 12.4. The van der Waals surface area contributed by atoms with Crippen molar-refractivity contribution < 1.29 is 0 Å². The summed E-state index contributed by atoms with van der Waals surface area (Å²) < 4.78 is 2.24. The van der Waals surface area contributed by atoms with E-state index in [4.69, 9.17) is 0 Å². The van der Waals surface area contributed by atoms with Crippen LogP contribution in [0.1, 0.15) is 33.4 Å². The van der Waals surface area contributed by atoms with Crippen LogP contribution in [0.4, 0.5) is 5.95 Å². The summed E-state index contributed by atoms with van der Waals surface area (Å²) in [5.74, 6) is 2.99. The highest BCUT2D eigenvalue weighted by molar-refractivity contribution is 5.29. The van der Waals surface area contributed by atoms with Crippen LogP contribution in [-0.4, -0.2) is 16.1 Å². The third-order valence-electron chi connectivity index (χ3n) is 3.42. The highest BCUT2D eigenvalue weighted by Gasteiger charge is 2.19. The molecule has 3 nitrogen and oxygen atoms in total. The lowest BCUT2D eigenvalue weighted by Gasteiger charge is -2.26. The Morgan fingerprint density at radius 1 is 1.33 bits per heavy atom.